The summed E-state index contributed by atoms with van der Waals surface area (Å²) in [7, 11) is 0. The summed E-state index contributed by atoms with van der Waals surface area (Å²) in [6.45, 7) is 0. The number of halogens is 1. The van der Waals surface area contributed by atoms with Gasteiger partial charge in [0, 0.05) is 0 Å². The van der Waals surface area contributed by atoms with Crippen LogP contribution in [0.1, 0.15) is 0 Å². The van der Waals surface area contributed by atoms with Crippen LogP contribution in [0.4, 0.5) is 4.39 Å². The summed E-state index contributed by atoms with van der Waals surface area (Å²) in [6, 6.07) is 2.89. The van der Waals surface area contributed by atoms with Gasteiger partial charge in [-0.2, -0.15) is 5.10 Å². The van der Waals surface area contributed by atoms with E-state index >= 15 is 0 Å². The van der Waals surface area contributed by atoms with Gasteiger partial charge >= 0.3 is 0 Å². The quantitative estimate of drug-likeness (QED) is 0.668. The van der Waals surface area contributed by atoms with Gasteiger partial charge in [-0.05, 0) is 12.1 Å². The SMILES string of the molecule is Fc1ccc(-c2cnc3cn[nH]c3n2)nc1. The Hall–Kier alpha value is -2.37. The van der Waals surface area contributed by atoms with Gasteiger partial charge in [0.05, 0.1) is 24.3 Å². The first-order chi connectivity index (χ1) is 7.83. The van der Waals surface area contributed by atoms with E-state index in [-0.39, 0.29) is 5.82 Å². The zero-order valence-electron chi connectivity index (χ0n) is 8.05. The molecule has 0 bridgehead atoms. The van der Waals surface area contributed by atoms with Gasteiger partial charge in [-0.15, -0.1) is 0 Å². The molecule has 0 aliphatic rings. The van der Waals surface area contributed by atoms with Crippen molar-refractivity contribution in [3.63, 3.8) is 0 Å². The molecule has 0 aliphatic heterocycles. The van der Waals surface area contributed by atoms with Crippen molar-refractivity contribution in [2.75, 3.05) is 0 Å². The maximum atomic E-state index is 12.7. The maximum absolute atomic E-state index is 12.7. The van der Waals surface area contributed by atoms with Crippen molar-refractivity contribution in [1.82, 2.24) is 25.1 Å². The number of hydrogen-bond acceptors (Lipinski definition) is 4. The van der Waals surface area contributed by atoms with Crippen LogP contribution in [-0.2, 0) is 0 Å². The standard InChI is InChI=1S/C10H6FN5/c11-6-1-2-7(12-3-6)8-4-13-9-5-14-16-10(9)15-8/h1-5H,(H,14,15,16). The van der Waals surface area contributed by atoms with Crippen molar-refractivity contribution in [2.45, 2.75) is 0 Å². The lowest BCUT2D eigenvalue weighted by molar-refractivity contribution is 0.622. The van der Waals surface area contributed by atoms with E-state index in [1.807, 2.05) is 0 Å². The molecule has 78 valence electrons. The summed E-state index contributed by atoms with van der Waals surface area (Å²) < 4.78 is 12.7. The molecule has 3 heterocycles. The molecule has 3 aromatic heterocycles. The minimum absolute atomic E-state index is 0.376. The molecule has 0 aliphatic carbocycles. The highest BCUT2D eigenvalue weighted by molar-refractivity contribution is 5.71. The molecule has 3 aromatic rings. The summed E-state index contributed by atoms with van der Waals surface area (Å²) in [6.07, 6.45) is 4.32. The third-order valence-electron chi connectivity index (χ3n) is 2.15. The van der Waals surface area contributed by atoms with E-state index in [0.29, 0.717) is 22.6 Å². The molecule has 0 unspecified atom stereocenters. The fraction of sp³-hybridized carbons (Fsp3) is 0. The Morgan fingerprint density at radius 2 is 1.94 bits per heavy atom. The van der Waals surface area contributed by atoms with Gasteiger partial charge in [-0.3, -0.25) is 10.1 Å². The molecule has 6 heteroatoms. The van der Waals surface area contributed by atoms with Gasteiger partial charge < -0.3 is 0 Å². The Kier molecular flexibility index (Phi) is 1.86. The molecule has 0 radical (unpaired) electrons. The number of nitrogens with one attached hydrogen (secondary N) is 1. The van der Waals surface area contributed by atoms with Crippen LogP contribution in [0.3, 0.4) is 0 Å². The van der Waals surface area contributed by atoms with Crippen molar-refractivity contribution in [3.05, 3.63) is 36.5 Å². The lowest BCUT2D eigenvalue weighted by atomic mass is 10.3. The van der Waals surface area contributed by atoms with Gasteiger partial charge in [0.15, 0.2) is 5.65 Å². The van der Waals surface area contributed by atoms with Crippen LogP contribution in [0.15, 0.2) is 30.7 Å². The van der Waals surface area contributed by atoms with Gasteiger partial charge in [0.2, 0.25) is 0 Å². The van der Waals surface area contributed by atoms with Gasteiger partial charge in [0.1, 0.15) is 17.0 Å². The van der Waals surface area contributed by atoms with Crippen LogP contribution in [0, 0.1) is 5.82 Å². The van der Waals surface area contributed by atoms with Crippen LogP contribution in [0.2, 0.25) is 0 Å². The Labute approximate surface area is 89.4 Å². The first kappa shape index (κ1) is 8.90. The second kappa shape index (κ2) is 3.34. The van der Waals surface area contributed by atoms with Crippen molar-refractivity contribution in [3.8, 4) is 11.4 Å². The van der Waals surface area contributed by atoms with E-state index in [1.165, 1.54) is 6.07 Å². The van der Waals surface area contributed by atoms with Crippen LogP contribution in [0.25, 0.3) is 22.6 Å². The van der Waals surface area contributed by atoms with E-state index in [4.69, 9.17) is 0 Å². The van der Waals surface area contributed by atoms with Crippen LogP contribution in [0.5, 0.6) is 0 Å². The highest BCUT2D eigenvalue weighted by Crippen LogP contribution is 2.15. The first-order valence-electron chi connectivity index (χ1n) is 4.61. The second-order valence-corrected chi connectivity index (χ2v) is 3.22. The molecule has 16 heavy (non-hydrogen) atoms. The monoisotopic (exact) mass is 215 g/mol. The van der Waals surface area contributed by atoms with Crippen LogP contribution in [-0.4, -0.2) is 25.1 Å². The largest absolute Gasteiger partial charge is 0.259 e. The minimum atomic E-state index is -0.376. The van der Waals surface area contributed by atoms with Crippen LogP contribution < -0.4 is 0 Å². The molecule has 5 nitrogen and oxygen atoms in total. The van der Waals surface area contributed by atoms with Crippen molar-refractivity contribution in [2.24, 2.45) is 0 Å². The summed E-state index contributed by atoms with van der Waals surface area (Å²) in [5, 5.41) is 6.54. The third-order valence-corrected chi connectivity index (χ3v) is 2.15. The molecule has 0 saturated carbocycles. The van der Waals surface area contributed by atoms with Gasteiger partial charge in [-0.25, -0.2) is 14.4 Å². The first-order valence-corrected chi connectivity index (χ1v) is 4.61. The fourth-order valence-corrected chi connectivity index (χ4v) is 1.38. The molecular formula is C10H6FN5. The predicted octanol–water partition coefficient (Wildman–Crippen LogP) is 1.55. The summed E-state index contributed by atoms with van der Waals surface area (Å²) >= 11 is 0. The lowest BCUT2D eigenvalue weighted by Gasteiger charge is -1.98. The van der Waals surface area contributed by atoms with Crippen molar-refractivity contribution in [1.29, 1.82) is 0 Å². The molecule has 0 spiro atoms. The minimum Gasteiger partial charge on any atom is -0.259 e. The number of nitrogens with zero attached hydrogens (tertiary/aromatic N) is 4. The number of H-pyrrole nitrogens is 1. The summed E-state index contributed by atoms with van der Waals surface area (Å²) in [4.78, 5) is 12.3. The van der Waals surface area contributed by atoms with Crippen molar-refractivity contribution >= 4 is 11.2 Å². The van der Waals surface area contributed by atoms with Gasteiger partial charge in [0.25, 0.3) is 0 Å². The highest BCUT2D eigenvalue weighted by Gasteiger charge is 2.04. The molecular weight excluding hydrogens is 209 g/mol. The highest BCUT2D eigenvalue weighted by atomic mass is 19.1. The van der Waals surface area contributed by atoms with Gasteiger partial charge in [-0.1, -0.05) is 0 Å². The fourth-order valence-electron chi connectivity index (χ4n) is 1.38. The number of hydrogen-bond donors (Lipinski definition) is 1. The van der Waals surface area contributed by atoms with E-state index in [2.05, 4.69) is 25.1 Å². The Bertz CT molecular complexity index is 631. The number of aromatic amines is 1. The van der Waals surface area contributed by atoms with Crippen LogP contribution >= 0.6 is 0 Å². The number of aromatic nitrogens is 5. The maximum Gasteiger partial charge on any atom is 0.174 e. The zero-order chi connectivity index (χ0) is 11.0. The smallest absolute Gasteiger partial charge is 0.174 e. The molecule has 0 amide bonds. The average Bonchev–Trinajstić information content (AvgIpc) is 2.77. The predicted molar refractivity (Wildman–Crippen MR) is 54.9 cm³/mol. The summed E-state index contributed by atoms with van der Waals surface area (Å²) in [5.74, 6) is -0.376. The zero-order valence-corrected chi connectivity index (χ0v) is 8.05. The molecule has 1 N–H and O–H groups in total. The average molecular weight is 215 g/mol. The van der Waals surface area contributed by atoms with E-state index < -0.39 is 0 Å². The number of rotatable bonds is 1. The molecule has 0 aromatic carbocycles. The lowest BCUT2D eigenvalue weighted by Crippen LogP contribution is -1.90. The molecule has 3 rings (SSSR count). The topological polar surface area (TPSA) is 67.3 Å². The van der Waals surface area contributed by atoms with E-state index in [1.54, 1.807) is 18.5 Å². The molecule has 0 fully saturated rings. The number of pyridine rings is 1. The molecule has 0 atom stereocenters. The Morgan fingerprint density at radius 1 is 1.00 bits per heavy atom. The Morgan fingerprint density at radius 3 is 2.75 bits per heavy atom. The molecule has 0 saturated heterocycles. The van der Waals surface area contributed by atoms with Crippen molar-refractivity contribution < 1.29 is 4.39 Å². The summed E-state index contributed by atoms with van der Waals surface area (Å²) in [5.41, 5.74) is 2.43. The van der Waals surface area contributed by atoms with E-state index in [9.17, 15) is 4.39 Å². The normalized spacial score (nSPS) is 10.8. The second-order valence-electron chi connectivity index (χ2n) is 3.22. The number of fused-ring (bicyclic) bond motifs is 1. The third kappa shape index (κ3) is 1.40. The van der Waals surface area contributed by atoms with E-state index in [0.717, 1.165) is 6.20 Å². The Balaban J connectivity index is 2.14.